The number of benzene rings is 2. The SMILES string of the molecule is O=[N+]([O-])c1ccc(O)c(/C=N/c2ccccc2P)c1. The molecule has 1 N–H and O–H groups in total. The average Bonchev–Trinajstić information content (AvgIpc) is 2.39. The minimum absolute atomic E-state index is 0.0458. The molecule has 2 aromatic carbocycles. The largest absolute Gasteiger partial charge is 0.507 e. The van der Waals surface area contributed by atoms with Gasteiger partial charge in [0.15, 0.2) is 0 Å². The van der Waals surface area contributed by atoms with E-state index in [4.69, 9.17) is 0 Å². The molecule has 0 heterocycles. The number of nitrogens with zero attached hydrogens (tertiary/aromatic N) is 2. The van der Waals surface area contributed by atoms with Gasteiger partial charge in [0.05, 0.1) is 10.6 Å². The molecule has 0 amide bonds. The highest BCUT2D eigenvalue weighted by molar-refractivity contribution is 7.28. The number of hydrogen-bond donors (Lipinski definition) is 1. The summed E-state index contributed by atoms with van der Waals surface area (Å²) in [5, 5.41) is 21.2. The van der Waals surface area contributed by atoms with Crippen LogP contribution < -0.4 is 5.30 Å². The predicted molar refractivity (Wildman–Crippen MR) is 77.8 cm³/mol. The van der Waals surface area contributed by atoms with Crippen molar-refractivity contribution in [1.29, 1.82) is 0 Å². The van der Waals surface area contributed by atoms with E-state index in [0.29, 0.717) is 5.56 Å². The molecule has 19 heavy (non-hydrogen) atoms. The number of para-hydroxylation sites is 1. The maximum atomic E-state index is 10.7. The van der Waals surface area contributed by atoms with E-state index >= 15 is 0 Å². The first kappa shape index (κ1) is 13.2. The second-order valence-electron chi connectivity index (χ2n) is 3.82. The van der Waals surface area contributed by atoms with Crippen LogP contribution in [0, 0.1) is 10.1 Å². The zero-order valence-electron chi connectivity index (χ0n) is 9.85. The van der Waals surface area contributed by atoms with Crippen molar-refractivity contribution < 1.29 is 10.0 Å². The predicted octanol–water partition coefficient (Wildman–Crippen LogP) is 2.55. The molecule has 0 aliphatic carbocycles. The van der Waals surface area contributed by atoms with Crippen LogP contribution in [0.4, 0.5) is 11.4 Å². The molecule has 0 bridgehead atoms. The molecular formula is C13H11N2O3P. The lowest BCUT2D eigenvalue weighted by atomic mass is 10.2. The van der Waals surface area contributed by atoms with Crippen LogP contribution in [0.25, 0.3) is 0 Å². The Kier molecular flexibility index (Phi) is 3.88. The normalized spacial score (nSPS) is 10.8. The molecule has 0 radical (unpaired) electrons. The summed E-state index contributed by atoms with van der Waals surface area (Å²) >= 11 is 0. The first-order valence-corrected chi connectivity index (χ1v) is 6.01. The van der Waals surface area contributed by atoms with E-state index in [0.717, 1.165) is 11.0 Å². The van der Waals surface area contributed by atoms with Gasteiger partial charge in [-0.3, -0.25) is 15.1 Å². The number of phenols is 1. The minimum Gasteiger partial charge on any atom is -0.507 e. The quantitative estimate of drug-likeness (QED) is 0.404. The lowest BCUT2D eigenvalue weighted by Gasteiger charge is -2.00. The fourth-order valence-corrected chi connectivity index (χ4v) is 1.78. The minimum atomic E-state index is -0.513. The molecule has 0 fully saturated rings. The summed E-state index contributed by atoms with van der Waals surface area (Å²) in [6, 6.07) is 11.2. The van der Waals surface area contributed by atoms with Crippen LogP contribution in [0.5, 0.6) is 5.75 Å². The highest BCUT2D eigenvalue weighted by Crippen LogP contribution is 2.22. The second kappa shape index (κ2) is 5.59. The van der Waals surface area contributed by atoms with Crippen molar-refractivity contribution in [2.45, 2.75) is 0 Å². The van der Waals surface area contributed by atoms with E-state index < -0.39 is 4.92 Å². The molecule has 0 aliphatic rings. The Morgan fingerprint density at radius 2 is 2.00 bits per heavy atom. The van der Waals surface area contributed by atoms with Crippen LogP contribution in [-0.2, 0) is 0 Å². The number of aliphatic imine (C=N–C) groups is 1. The van der Waals surface area contributed by atoms with E-state index in [1.54, 1.807) is 0 Å². The third-order valence-electron chi connectivity index (χ3n) is 2.50. The van der Waals surface area contributed by atoms with Crippen LogP contribution in [-0.4, -0.2) is 16.2 Å². The number of non-ortho nitro benzene ring substituents is 1. The van der Waals surface area contributed by atoms with Gasteiger partial charge in [0.25, 0.3) is 5.69 Å². The Morgan fingerprint density at radius 3 is 2.68 bits per heavy atom. The van der Waals surface area contributed by atoms with Gasteiger partial charge in [-0.2, -0.15) is 0 Å². The van der Waals surface area contributed by atoms with Crippen LogP contribution >= 0.6 is 9.24 Å². The number of hydrogen-bond acceptors (Lipinski definition) is 4. The molecule has 2 rings (SSSR count). The van der Waals surface area contributed by atoms with Crippen molar-refractivity contribution in [2.75, 3.05) is 0 Å². The van der Waals surface area contributed by atoms with Crippen LogP contribution in [0.2, 0.25) is 0 Å². The maximum absolute atomic E-state index is 10.7. The maximum Gasteiger partial charge on any atom is 0.270 e. The van der Waals surface area contributed by atoms with Gasteiger partial charge in [-0.05, 0) is 17.4 Å². The summed E-state index contributed by atoms with van der Waals surface area (Å²) in [5.41, 5.74) is 0.944. The molecule has 2 aromatic rings. The van der Waals surface area contributed by atoms with Crippen molar-refractivity contribution in [3.05, 3.63) is 58.1 Å². The van der Waals surface area contributed by atoms with Gasteiger partial charge < -0.3 is 5.11 Å². The summed E-state index contributed by atoms with van der Waals surface area (Å²) in [4.78, 5) is 14.4. The van der Waals surface area contributed by atoms with Crippen molar-refractivity contribution in [3.63, 3.8) is 0 Å². The topological polar surface area (TPSA) is 75.7 Å². The van der Waals surface area contributed by atoms with Crippen molar-refractivity contribution in [1.82, 2.24) is 0 Å². The Labute approximate surface area is 112 Å². The zero-order valence-corrected chi connectivity index (χ0v) is 11.0. The lowest BCUT2D eigenvalue weighted by molar-refractivity contribution is -0.384. The standard InChI is InChI=1S/C13H11N2O3P/c16-12-6-5-10(15(17)18)7-9(12)8-14-11-3-1-2-4-13(11)19/h1-8,16H,19H2/b14-8+. The van der Waals surface area contributed by atoms with Gasteiger partial charge in [-0.15, -0.1) is 9.24 Å². The fraction of sp³-hybridized carbons (Fsp3) is 0. The van der Waals surface area contributed by atoms with Crippen LogP contribution in [0.1, 0.15) is 5.56 Å². The molecule has 5 nitrogen and oxygen atoms in total. The molecule has 6 heteroatoms. The first-order chi connectivity index (χ1) is 9.08. The van der Waals surface area contributed by atoms with Gasteiger partial charge >= 0.3 is 0 Å². The third-order valence-corrected chi connectivity index (χ3v) is 2.99. The van der Waals surface area contributed by atoms with Crippen LogP contribution in [0.3, 0.4) is 0 Å². The van der Waals surface area contributed by atoms with Gasteiger partial charge in [0.1, 0.15) is 5.75 Å². The number of nitro groups is 1. The molecule has 0 saturated carbocycles. The first-order valence-electron chi connectivity index (χ1n) is 5.44. The molecule has 0 spiro atoms. The summed E-state index contributed by atoms with van der Waals surface area (Å²) < 4.78 is 0. The molecule has 0 aromatic heterocycles. The van der Waals surface area contributed by atoms with Gasteiger partial charge in [-0.25, -0.2) is 0 Å². The van der Waals surface area contributed by atoms with E-state index in [9.17, 15) is 15.2 Å². The van der Waals surface area contributed by atoms with E-state index in [1.807, 2.05) is 24.3 Å². The van der Waals surface area contributed by atoms with E-state index in [1.165, 1.54) is 24.4 Å². The Bertz CT molecular complexity index is 656. The van der Waals surface area contributed by atoms with Gasteiger partial charge in [0, 0.05) is 23.9 Å². The highest BCUT2D eigenvalue weighted by Gasteiger charge is 2.08. The van der Waals surface area contributed by atoms with Crippen molar-refractivity contribution in [2.24, 2.45) is 4.99 Å². The average molecular weight is 274 g/mol. The molecule has 1 atom stereocenters. The lowest BCUT2D eigenvalue weighted by Crippen LogP contribution is -1.92. The fourth-order valence-electron chi connectivity index (χ4n) is 1.50. The summed E-state index contributed by atoms with van der Waals surface area (Å²) in [6.07, 6.45) is 1.41. The van der Waals surface area contributed by atoms with Gasteiger partial charge in [-0.1, -0.05) is 18.2 Å². The third kappa shape index (κ3) is 3.14. The van der Waals surface area contributed by atoms with Crippen LogP contribution in [0.15, 0.2) is 47.5 Å². The number of aromatic hydroxyl groups is 1. The number of rotatable bonds is 3. The number of nitro benzene ring substituents is 1. The molecule has 96 valence electrons. The monoisotopic (exact) mass is 274 g/mol. The Balaban J connectivity index is 2.35. The smallest absolute Gasteiger partial charge is 0.270 e. The highest BCUT2D eigenvalue weighted by atomic mass is 31.0. The summed E-state index contributed by atoms with van der Waals surface area (Å²) in [7, 11) is 2.55. The van der Waals surface area contributed by atoms with E-state index in [-0.39, 0.29) is 11.4 Å². The Hall–Kier alpha value is -2.26. The molecule has 0 saturated heterocycles. The summed E-state index contributed by atoms with van der Waals surface area (Å²) in [5.74, 6) is -0.0458. The molecular weight excluding hydrogens is 263 g/mol. The zero-order chi connectivity index (χ0) is 13.8. The summed E-state index contributed by atoms with van der Waals surface area (Å²) in [6.45, 7) is 0. The Morgan fingerprint density at radius 1 is 1.26 bits per heavy atom. The van der Waals surface area contributed by atoms with Crippen molar-refractivity contribution >= 4 is 32.1 Å². The molecule has 0 aliphatic heterocycles. The van der Waals surface area contributed by atoms with E-state index in [2.05, 4.69) is 14.2 Å². The van der Waals surface area contributed by atoms with Gasteiger partial charge in [0.2, 0.25) is 0 Å². The molecule has 1 unspecified atom stereocenters. The number of phenolic OH excluding ortho intramolecular Hbond substituents is 1. The van der Waals surface area contributed by atoms with Crippen molar-refractivity contribution in [3.8, 4) is 5.75 Å². The second-order valence-corrected chi connectivity index (χ2v) is 4.44.